The third-order valence-corrected chi connectivity index (χ3v) is 4.65. The molecule has 0 aromatic carbocycles. The lowest BCUT2D eigenvalue weighted by molar-refractivity contribution is -0.535. The van der Waals surface area contributed by atoms with Gasteiger partial charge in [-0.15, -0.1) is 0 Å². The van der Waals surface area contributed by atoms with Crippen molar-refractivity contribution in [3.05, 3.63) is 20.2 Å². The molecule has 0 amide bonds. The lowest BCUT2D eigenvalue weighted by Crippen LogP contribution is -2.42. The highest BCUT2D eigenvalue weighted by molar-refractivity contribution is 4.88. The molecule has 0 aromatic heterocycles. The lowest BCUT2D eigenvalue weighted by Gasteiger charge is -2.37. The van der Waals surface area contributed by atoms with Gasteiger partial charge in [-0.25, -0.2) is 0 Å². The van der Waals surface area contributed by atoms with E-state index in [0.717, 1.165) is 0 Å². The van der Waals surface area contributed by atoms with Crippen LogP contribution in [0.3, 0.4) is 0 Å². The van der Waals surface area contributed by atoms with E-state index in [9.17, 15) is 30.4 Å². The second-order valence-electron chi connectivity index (χ2n) is 6.12. The van der Waals surface area contributed by atoms with Crippen LogP contribution in [0.25, 0.3) is 0 Å². The maximum absolute atomic E-state index is 10.9. The van der Waals surface area contributed by atoms with Crippen molar-refractivity contribution in [1.29, 1.82) is 0 Å². The monoisotopic (exact) mass is 288 g/mol. The third-order valence-electron chi connectivity index (χ3n) is 4.65. The molecule has 0 heterocycles. The highest BCUT2D eigenvalue weighted by Gasteiger charge is 2.43. The zero-order valence-electron chi connectivity index (χ0n) is 11.1. The molecule has 2 rings (SSSR count). The molecule has 0 aromatic rings. The maximum atomic E-state index is 10.9. The van der Waals surface area contributed by atoms with E-state index >= 15 is 0 Å². The van der Waals surface area contributed by atoms with Gasteiger partial charge in [0.15, 0.2) is 0 Å². The molecular weight excluding hydrogens is 268 g/mol. The summed E-state index contributed by atoms with van der Waals surface area (Å²) >= 11 is 0. The fraction of sp³-hybridized carbons (Fsp3) is 1.00. The van der Waals surface area contributed by atoms with Crippen molar-refractivity contribution in [1.82, 2.24) is 0 Å². The van der Waals surface area contributed by atoms with Crippen LogP contribution in [0.15, 0.2) is 0 Å². The number of hydrogen-bond donors (Lipinski definition) is 2. The number of aliphatic hydroxyl groups excluding tert-OH is 2. The minimum atomic E-state index is -0.781. The number of nitro groups is 2. The van der Waals surface area contributed by atoms with Crippen molar-refractivity contribution in [2.45, 2.75) is 62.8 Å². The van der Waals surface area contributed by atoms with Gasteiger partial charge in [0.05, 0.1) is 12.2 Å². The standard InChI is InChI=1S/C12H20N2O6/c15-11-3-7(1-9(5-11)13(17)18)8-2-10(14(19)20)6-12(16)4-8/h7-12,15-16H,1-6H2. The summed E-state index contributed by atoms with van der Waals surface area (Å²) in [5, 5.41) is 41.3. The quantitative estimate of drug-likeness (QED) is 0.578. The Hall–Kier alpha value is -1.28. The molecule has 2 saturated carbocycles. The Balaban J connectivity index is 2.05. The maximum Gasteiger partial charge on any atom is 0.215 e. The molecule has 8 heteroatoms. The molecule has 2 aliphatic carbocycles. The molecule has 6 atom stereocenters. The molecule has 6 unspecified atom stereocenters. The summed E-state index contributed by atoms with van der Waals surface area (Å²) < 4.78 is 0. The van der Waals surface area contributed by atoms with E-state index < -0.39 is 24.3 Å². The summed E-state index contributed by atoms with van der Waals surface area (Å²) in [5.74, 6) is -0.238. The fourth-order valence-corrected chi connectivity index (χ4v) is 3.72. The van der Waals surface area contributed by atoms with Gasteiger partial charge in [-0.1, -0.05) is 0 Å². The molecule has 114 valence electrons. The SMILES string of the molecule is O=[N+]([O-])C1CC(O)CC(C2CC(O)CC([N+](=O)[O-])C2)C1. The molecule has 0 aliphatic heterocycles. The first-order valence-corrected chi connectivity index (χ1v) is 7.00. The largest absolute Gasteiger partial charge is 0.393 e. The van der Waals surface area contributed by atoms with Gasteiger partial charge in [-0.05, 0) is 24.7 Å². The van der Waals surface area contributed by atoms with Crippen LogP contribution < -0.4 is 0 Å². The molecule has 0 bridgehead atoms. The normalized spacial score (nSPS) is 42.1. The van der Waals surface area contributed by atoms with E-state index in [1.54, 1.807) is 0 Å². The molecule has 0 spiro atoms. The van der Waals surface area contributed by atoms with Gasteiger partial charge >= 0.3 is 0 Å². The third kappa shape index (κ3) is 3.43. The highest BCUT2D eigenvalue weighted by atomic mass is 16.6. The van der Waals surface area contributed by atoms with Crippen molar-refractivity contribution >= 4 is 0 Å². The minimum Gasteiger partial charge on any atom is -0.393 e. The Morgan fingerprint density at radius 3 is 1.35 bits per heavy atom. The van der Waals surface area contributed by atoms with E-state index in [-0.39, 0.29) is 34.5 Å². The number of nitrogens with zero attached hydrogens (tertiary/aromatic N) is 2. The first kappa shape index (κ1) is 15.1. The van der Waals surface area contributed by atoms with Gasteiger partial charge in [0, 0.05) is 35.5 Å². The smallest absolute Gasteiger partial charge is 0.215 e. The van der Waals surface area contributed by atoms with Gasteiger partial charge in [0.25, 0.3) is 0 Å². The summed E-state index contributed by atoms with van der Waals surface area (Å²) in [6.45, 7) is 0. The predicted octanol–water partition coefficient (Wildman–Crippen LogP) is 0.599. The Morgan fingerprint density at radius 1 is 0.700 bits per heavy atom. The van der Waals surface area contributed by atoms with Gasteiger partial charge in [-0.2, -0.15) is 0 Å². The van der Waals surface area contributed by atoms with Crippen LogP contribution in [0.4, 0.5) is 0 Å². The Labute approximate surface area is 116 Å². The summed E-state index contributed by atoms with van der Waals surface area (Å²) in [4.78, 5) is 21.1. The zero-order chi connectivity index (χ0) is 14.9. The fourth-order valence-electron chi connectivity index (χ4n) is 3.72. The van der Waals surface area contributed by atoms with Crippen LogP contribution >= 0.6 is 0 Å². The van der Waals surface area contributed by atoms with E-state index in [2.05, 4.69) is 0 Å². The number of aliphatic hydroxyl groups is 2. The van der Waals surface area contributed by atoms with E-state index in [1.165, 1.54) is 0 Å². The van der Waals surface area contributed by atoms with E-state index in [4.69, 9.17) is 0 Å². The van der Waals surface area contributed by atoms with E-state index in [1.807, 2.05) is 0 Å². The van der Waals surface area contributed by atoms with Crippen molar-refractivity contribution in [2.24, 2.45) is 11.8 Å². The molecular formula is C12H20N2O6. The van der Waals surface area contributed by atoms with Gasteiger partial charge in [0.1, 0.15) is 0 Å². The van der Waals surface area contributed by atoms with Crippen LogP contribution in [0.2, 0.25) is 0 Å². The average Bonchev–Trinajstić information content (AvgIpc) is 2.37. The Morgan fingerprint density at radius 2 is 1.05 bits per heavy atom. The van der Waals surface area contributed by atoms with Crippen molar-refractivity contribution in [3.8, 4) is 0 Å². The first-order chi connectivity index (χ1) is 9.36. The van der Waals surface area contributed by atoms with E-state index in [0.29, 0.717) is 25.7 Å². The van der Waals surface area contributed by atoms with Gasteiger partial charge in [0.2, 0.25) is 12.1 Å². The molecule has 8 nitrogen and oxygen atoms in total. The summed E-state index contributed by atoms with van der Waals surface area (Å²) in [7, 11) is 0. The second-order valence-corrected chi connectivity index (χ2v) is 6.12. The average molecular weight is 288 g/mol. The van der Waals surface area contributed by atoms with Crippen LogP contribution in [0, 0.1) is 32.1 Å². The van der Waals surface area contributed by atoms with Crippen molar-refractivity contribution in [3.63, 3.8) is 0 Å². The molecule has 2 N–H and O–H groups in total. The lowest BCUT2D eigenvalue weighted by atomic mass is 9.69. The predicted molar refractivity (Wildman–Crippen MR) is 68.3 cm³/mol. The summed E-state index contributed by atoms with van der Waals surface area (Å²) in [6.07, 6.45) is 0.403. The molecule has 0 radical (unpaired) electrons. The Kier molecular flexibility index (Phi) is 4.54. The molecule has 0 saturated heterocycles. The van der Waals surface area contributed by atoms with Crippen LogP contribution in [-0.2, 0) is 0 Å². The van der Waals surface area contributed by atoms with Gasteiger partial charge < -0.3 is 10.2 Å². The van der Waals surface area contributed by atoms with Crippen molar-refractivity contribution in [2.75, 3.05) is 0 Å². The van der Waals surface area contributed by atoms with Gasteiger partial charge in [-0.3, -0.25) is 20.2 Å². The first-order valence-electron chi connectivity index (χ1n) is 7.00. The number of hydrogen-bond acceptors (Lipinski definition) is 6. The van der Waals surface area contributed by atoms with Crippen LogP contribution in [-0.4, -0.2) is 44.4 Å². The molecule has 2 aliphatic rings. The summed E-state index contributed by atoms with van der Waals surface area (Å²) in [5.41, 5.74) is 0. The zero-order valence-corrected chi connectivity index (χ0v) is 11.1. The molecule has 2 fully saturated rings. The van der Waals surface area contributed by atoms with Crippen molar-refractivity contribution < 1.29 is 20.1 Å². The highest BCUT2D eigenvalue weighted by Crippen LogP contribution is 2.39. The summed E-state index contributed by atoms with van der Waals surface area (Å²) in [6, 6.07) is -1.56. The van der Waals surface area contributed by atoms with Crippen LogP contribution in [0.1, 0.15) is 38.5 Å². The second kappa shape index (κ2) is 6.01. The minimum absolute atomic E-state index is 0.119. The molecule has 20 heavy (non-hydrogen) atoms. The van der Waals surface area contributed by atoms with Crippen LogP contribution in [0.5, 0.6) is 0 Å². The topological polar surface area (TPSA) is 127 Å². The number of rotatable bonds is 3. The Bertz CT molecular complexity index is 354.